The summed E-state index contributed by atoms with van der Waals surface area (Å²) in [7, 11) is 0. The van der Waals surface area contributed by atoms with Gasteiger partial charge in [-0.25, -0.2) is 0 Å². The molecule has 5 unspecified atom stereocenters. The molecule has 0 aromatic rings. The summed E-state index contributed by atoms with van der Waals surface area (Å²) >= 11 is 3.47. The third-order valence-electron chi connectivity index (χ3n) is 11.1. The van der Waals surface area contributed by atoms with Crippen LogP contribution in [-0.2, 0) is 9.53 Å². The van der Waals surface area contributed by atoms with Crippen LogP contribution in [0.4, 0.5) is 0 Å². The summed E-state index contributed by atoms with van der Waals surface area (Å²) in [6, 6.07) is 0. The molecule has 0 N–H and O–H groups in total. The fourth-order valence-electron chi connectivity index (χ4n) is 8.89. The fraction of sp³-hybridized carbons (Fsp3) is 0.903. The molecule has 3 fully saturated rings. The summed E-state index contributed by atoms with van der Waals surface area (Å²) in [5.74, 6) is 3.55. The Labute approximate surface area is 218 Å². The molecule has 0 heterocycles. The third-order valence-corrected chi connectivity index (χ3v) is 12.1. The highest BCUT2D eigenvalue weighted by Crippen LogP contribution is 2.66. The van der Waals surface area contributed by atoms with Gasteiger partial charge in [-0.3, -0.25) is 4.79 Å². The van der Waals surface area contributed by atoms with Crippen LogP contribution in [-0.4, -0.2) is 16.9 Å². The summed E-state index contributed by atoms with van der Waals surface area (Å²) in [5, 5.41) is 0. The molecule has 0 amide bonds. The van der Waals surface area contributed by atoms with Crippen LogP contribution in [0, 0.1) is 34.5 Å². The zero-order valence-corrected chi connectivity index (χ0v) is 24.1. The monoisotopic (exact) mass is 534 g/mol. The van der Waals surface area contributed by atoms with Crippen molar-refractivity contribution < 1.29 is 9.53 Å². The summed E-state index contributed by atoms with van der Waals surface area (Å²) in [5.41, 5.74) is 2.54. The molecule has 0 bridgehead atoms. The van der Waals surface area contributed by atoms with Crippen molar-refractivity contribution in [1.82, 2.24) is 0 Å². The number of hydrogen-bond acceptors (Lipinski definition) is 2. The molecule has 0 saturated heterocycles. The Morgan fingerprint density at radius 1 is 1.03 bits per heavy atom. The van der Waals surface area contributed by atoms with Crippen LogP contribution in [0.25, 0.3) is 0 Å². The minimum absolute atomic E-state index is 0.0683. The first-order valence-electron chi connectivity index (χ1n) is 14.9. The van der Waals surface area contributed by atoms with Crippen LogP contribution < -0.4 is 0 Å². The van der Waals surface area contributed by atoms with Gasteiger partial charge in [0.05, 0.1) is 0 Å². The summed E-state index contributed by atoms with van der Waals surface area (Å²) < 4.78 is 5.92. The number of hydrogen-bond donors (Lipinski definition) is 0. The van der Waals surface area contributed by atoms with Crippen LogP contribution in [0.15, 0.2) is 11.6 Å². The van der Waals surface area contributed by atoms with Crippen LogP contribution in [0.5, 0.6) is 0 Å². The van der Waals surface area contributed by atoms with Crippen molar-refractivity contribution in [2.75, 3.05) is 0 Å². The number of esters is 1. The van der Waals surface area contributed by atoms with Gasteiger partial charge in [-0.15, -0.1) is 0 Å². The molecule has 194 valence electrons. The Hall–Kier alpha value is -0.310. The van der Waals surface area contributed by atoms with E-state index in [4.69, 9.17) is 4.74 Å². The molecule has 0 aromatic carbocycles. The van der Waals surface area contributed by atoms with Crippen molar-refractivity contribution in [3.8, 4) is 0 Å². The lowest BCUT2D eigenvalue weighted by molar-refractivity contribution is -0.150. The normalized spacial score (nSPS) is 40.0. The molecular weight excluding hydrogens is 484 g/mol. The van der Waals surface area contributed by atoms with Gasteiger partial charge in [0.1, 0.15) is 10.9 Å². The van der Waals surface area contributed by atoms with Crippen molar-refractivity contribution in [1.29, 1.82) is 0 Å². The van der Waals surface area contributed by atoms with Crippen molar-refractivity contribution in [2.45, 2.75) is 141 Å². The Morgan fingerprint density at radius 2 is 1.79 bits per heavy atom. The highest BCUT2D eigenvalue weighted by molar-refractivity contribution is 9.10. The van der Waals surface area contributed by atoms with Crippen molar-refractivity contribution in [3.05, 3.63) is 11.6 Å². The van der Waals surface area contributed by atoms with Gasteiger partial charge in [-0.2, -0.15) is 0 Å². The molecule has 2 nitrogen and oxygen atoms in total. The quantitative estimate of drug-likeness (QED) is 0.121. The molecule has 8 atom stereocenters. The highest BCUT2D eigenvalue weighted by atomic mass is 79.9. The van der Waals surface area contributed by atoms with Crippen molar-refractivity contribution in [3.63, 3.8) is 0 Å². The van der Waals surface area contributed by atoms with E-state index in [1.807, 2.05) is 6.92 Å². The van der Waals surface area contributed by atoms with Gasteiger partial charge < -0.3 is 4.74 Å². The number of fused-ring (bicyclic) bond motifs is 5. The first-order chi connectivity index (χ1) is 16.3. The molecule has 3 saturated carbocycles. The van der Waals surface area contributed by atoms with E-state index < -0.39 is 0 Å². The number of carbonyl (C=O) groups excluding carboxylic acids is 1. The van der Waals surface area contributed by atoms with Gasteiger partial charge in [0.25, 0.3) is 0 Å². The molecule has 4 rings (SSSR count). The Morgan fingerprint density at radius 3 is 2.56 bits per heavy atom. The van der Waals surface area contributed by atoms with E-state index in [2.05, 4.69) is 42.8 Å². The topological polar surface area (TPSA) is 26.3 Å². The van der Waals surface area contributed by atoms with Gasteiger partial charge >= 0.3 is 5.97 Å². The summed E-state index contributed by atoms with van der Waals surface area (Å²) in [6.07, 6.45) is 23.8. The molecule has 4 aliphatic carbocycles. The van der Waals surface area contributed by atoms with Crippen molar-refractivity contribution in [2.24, 2.45) is 34.5 Å². The number of rotatable bonds is 10. The van der Waals surface area contributed by atoms with E-state index in [0.717, 1.165) is 42.9 Å². The number of alkyl halides is 1. The Bertz CT molecular complexity index is 731. The van der Waals surface area contributed by atoms with Gasteiger partial charge in [0.2, 0.25) is 0 Å². The average molecular weight is 536 g/mol. The predicted octanol–water partition coefficient (Wildman–Crippen LogP) is 9.40. The minimum atomic E-state index is -0.159. The summed E-state index contributed by atoms with van der Waals surface area (Å²) in [4.78, 5) is 12.2. The zero-order chi connectivity index (χ0) is 24.3. The third kappa shape index (κ3) is 5.21. The van der Waals surface area contributed by atoms with E-state index in [-0.39, 0.29) is 16.9 Å². The molecule has 4 aliphatic rings. The molecular formula is C31H51BrO2. The lowest BCUT2D eigenvalue weighted by atomic mass is 9.47. The highest BCUT2D eigenvalue weighted by Gasteiger charge is 2.58. The second-order valence-corrected chi connectivity index (χ2v) is 13.9. The lowest BCUT2D eigenvalue weighted by Gasteiger charge is -2.58. The first-order valence-corrected chi connectivity index (χ1v) is 15.8. The van der Waals surface area contributed by atoms with E-state index in [0.29, 0.717) is 10.8 Å². The fourth-order valence-corrected chi connectivity index (χ4v) is 8.99. The minimum Gasteiger partial charge on any atom is -0.461 e. The number of ether oxygens (including phenoxy) is 1. The van der Waals surface area contributed by atoms with Gasteiger partial charge in [0.15, 0.2) is 0 Å². The SMILES string of the molecule is CCCCCCCCC1CCC2C3CC=C4C[C@@H](OC(=O)C(Br)CC)CC[C@]4(C)C3CC[C@]12C. The summed E-state index contributed by atoms with van der Waals surface area (Å²) in [6.45, 7) is 9.59. The largest absolute Gasteiger partial charge is 0.461 e. The molecule has 0 aromatic heterocycles. The predicted molar refractivity (Wildman–Crippen MR) is 146 cm³/mol. The second kappa shape index (κ2) is 11.4. The molecule has 3 heteroatoms. The molecule has 34 heavy (non-hydrogen) atoms. The van der Waals surface area contributed by atoms with Gasteiger partial charge in [-0.05, 0) is 92.3 Å². The first kappa shape index (κ1) is 26.7. The standard InChI is InChI=1S/C31H51BrO2/c1-5-7-8-9-10-11-12-22-14-16-26-25-15-13-23-21-24(34-29(33)28(32)6-2)17-19-31(23,4)27(25)18-20-30(22,26)3/h13,22,24-28H,5-12,14-21H2,1-4H3/t22?,24-,25?,26?,27?,28?,30+,31-/m0/s1. The van der Waals surface area contributed by atoms with Gasteiger partial charge in [0, 0.05) is 6.42 Å². The Kier molecular flexibility index (Phi) is 8.96. The molecule has 0 spiro atoms. The maximum Gasteiger partial charge on any atom is 0.319 e. The van der Waals surface area contributed by atoms with Crippen LogP contribution in [0.1, 0.15) is 130 Å². The smallest absolute Gasteiger partial charge is 0.319 e. The van der Waals surface area contributed by atoms with Gasteiger partial charge in [-0.1, -0.05) is 93.8 Å². The number of unbranched alkanes of at least 4 members (excludes halogenated alkanes) is 5. The molecule has 0 radical (unpaired) electrons. The number of halogens is 1. The van der Waals surface area contributed by atoms with Crippen LogP contribution in [0.2, 0.25) is 0 Å². The molecule has 0 aliphatic heterocycles. The van der Waals surface area contributed by atoms with Crippen LogP contribution >= 0.6 is 15.9 Å². The zero-order valence-electron chi connectivity index (χ0n) is 22.5. The van der Waals surface area contributed by atoms with E-state index >= 15 is 0 Å². The maximum absolute atomic E-state index is 12.4. The number of carbonyl (C=O) groups is 1. The lowest BCUT2D eigenvalue weighted by Crippen LogP contribution is -2.50. The van der Waals surface area contributed by atoms with Crippen molar-refractivity contribution >= 4 is 21.9 Å². The number of allylic oxidation sites excluding steroid dienone is 1. The van der Waals surface area contributed by atoms with E-state index in [9.17, 15) is 4.79 Å². The van der Waals surface area contributed by atoms with E-state index in [1.54, 1.807) is 5.57 Å². The average Bonchev–Trinajstić information content (AvgIpc) is 3.17. The second-order valence-electron chi connectivity index (χ2n) is 12.8. The van der Waals surface area contributed by atoms with E-state index in [1.165, 1.54) is 83.5 Å². The Balaban J connectivity index is 1.37. The van der Waals surface area contributed by atoms with Crippen LogP contribution in [0.3, 0.4) is 0 Å². The maximum atomic E-state index is 12.4.